The summed E-state index contributed by atoms with van der Waals surface area (Å²) < 4.78 is 1.07. The molecule has 1 N–H and O–H groups in total. The number of ketones is 1. The summed E-state index contributed by atoms with van der Waals surface area (Å²) in [6.45, 7) is 18.7. The van der Waals surface area contributed by atoms with Gasteiger partial charge in [0, 0.05) is 9.89 Å². The second-order valence-electron chi connectivity index (χ2n) is 15.9. The molecule has 1 aromatic rings. The lowest BCUT2D eigenvalue weighted by Crippen LogP contribution is -2.64. The van der Waals surface area contributed by atoms with Crippen molar-refractivity contribution in [3.8, 4) is 0 Å². The van der Waals surface area contributed by atoms with Crippen molar-refractivity contribution in [2.75, 3.05) is 0 Å². The van der Waals surface area contributed by atoms with Crippen LogP contribution in [0.1, 0.15) is 119 Å². The van der Waals surface area contributed by atoms with Crippen LogP contribution >= 0.6 is 15.9 Å². The maximum absolute atomic E-state index is 14.0. The highest BCUT2D eigenvalue weighted by Crippen LogP contribution is 2.75. The zero-order valence-electron chi connectivity index (χ0n) is 26.4. The lowest BCUT2D eigenvalue weighted by atomic mass is 9.35. The molecule has 4 fully saturated rings. The molecule has 2 nitrogen and oxygen atoms in total. The third-order valence-electron chi connectivity index (χ3n) is 13.2. The molecule has 4 aliphatic rings. The van der Waals surface area contributed by atoms with Gasteiger partial charge in [-0.25, -0.2) is 0 Å². The largest absolute Gasteiger partial charge is 0.390 e. The highest BCUT2D eigenvalue weighted by Gasteiger charge is 2.69. The Labute approximate surface area is 252 Å². The Kier molecular flexibility index (Phi) is 7.73. The van der Waals surface area contributed by atoms with Crippen LogP contribution in [0.2, 0.25) is 0 Å². The Hall–Kier alpha value is -1.19. The molecule has 0 spiro atoms. The van der Waals surface area contributed by atoms with Crippen molar-refractivity contribution in [1.82, 2.24) is 0 Å². The molecular weight excluding hydrogens is 556 g/mol. The molecule has 0 aromatic heterocycles. The first-order chi connectivity index (χ1) is 18.6. The zero-order valence-corrected chi connectivity index (χ0v) is 28.0. The van der Waals surface area contributed by atoms with Gasteiger partial charge < -0.3 is 5.11 Å². The van der Waals surface area contributed by atoms with Crippen molar-refractivity contribution < 1.29 is 9.90 Å². The normalized spacial score (nSPS) is 41.0. The van der Waals surface area contributed by atoms with Gasteiger partial charge >= 0.3 is 0 Å². The van der Waals surface area contributed by atoms with Gasteiger partial charge in [-0.05, 0) is 148 Å². The predicted octanol–water partition coefficient (Wildman–Crippen LogP) is 10.2. The molecule has 0 unspecified atom stereocenters. The van der Waals surface area contributed by atoms with Crippen molar-refractivity contribution in [3.63, 3.8) is 0 Å². The quantitative estimate of drug-likeness (QED) is 0.266. The van der Waals surface area contributed by atoms with Crippen LogP contribution < -0.4 is 0 Å². The van der Waals surface area contributed by atoms with Gasteiger partial charge in [-0.3, -0.25) is 4.79 Å². The summed E-state index contributed by atoms with van der Waals surface area (Å²) in [6.07, 6.45) is 14.3. The number of fused-ring (bicyclic) bond motifs is 5. The second kappa shape index (κ2) is 10.2. The fraction of sp³-hybridized carbons (Fsp3) is 0.703. The van der Waals surface area contributed by atoms with Gasteiger partial charge in [-0.1, -0.05) is 74.3 Å². The van der Waals surface area contributed by atoms with E-state index >= 15 is 0 Å². The summed E-state index contributed by atoms with van der Waals surface area (Å²) in [5.41, 5.74) is 3.08. The minimum atomic E-state index is -0.613. The van der Waals surface area contributed by atoms with E-state index in [1.165, 1.54) is 31.3 Å². The number of rotatable bonds is 5. The number of Topliss-reactive ketones (excluding diaryl/α,β-unsaturated/α-hetero) is 1. The third-order valence-corrected chi connectivity index (χ3v) is 13.7. The van der Waals surface area contributed by atoms with Gasteiger partial charge in [0.2, 0.25) is 0 Å². The predicted molar refractivity (Wildman–Crippen MR) is 171 cm³/mol. The molecule has 3 heteroatoms. The van der Waals surface area contributed by atoms with E-state index in [1.54, 1.807) is 0 Å². The Morgan fingerprint density at radius 3 is 2.27 bits per heavy atom. The van der Waals surface area contributed by atoms with Crippen LogP contribution in [0.3, 0.4) is 0 Å². The number of benzene rings is 1. The zero-order chi connectivity index (χ0) is 29.3. The summed E-state index contributed by atoms with van der Waals surface area (Å²) in [5.74, 6) is 2.32. The van der Waals surface area contributed by atoms with Crippen LogP contribution in [0.15, 0.2) is 46.0 Å². The van der Waals surface area contributed by atoms with E-state index in [2.05, 4.69) is 108 Å². The highest BCUT2D eigenvalue weighted by molar-refractivity contribution is 9.10. The van der Waals surface area contributed by atoms with Crippen LogP contribution in [0, 0.1) is 45.3 Å². The summed E-state index contributed by atoms with van der Waals surface area (Å²) in [6, 6.07) is 8.37. The van der Waals surface area contributed by atoms with Crippen LogP contribution in [0.25, 0.3) is 6.08 Å². The minimum Gasteiger partial charge on any atom is -0.390 e. The van der Waals surface area contributed by atoms with E-state index in [9.17, 15) is 9.90 Å². The average Bonchev–Trinajstić information content (AvgIpc) is 3.22. The Bertz CT molecular complexity index is 1200. The standard InChI is InChI=1S/C37H53BrO2/c1-24(2)10-9-19-37(8,40)29-17-20-35(6)28(29)15-16-31-34(5)23-26(22-25-11-13-27(38)14-12-25)32(39)33(3,4)30(34)18-21-36(31,35)7/h10-14,22,28-31,40H,9,15-21,23H2,1-8H3/b26-22-/t28-,29+,30+,31-,34+,35-,36-,37+/m1/s1. The number of carbonyl (C=O) groups is 1. The summed E-state index contributed by atoms with van der Waals surface area (Å²) in [4.78, 5) is 14.0. The fourth-order valence-electron chi connectivity index (χ4n) is 11.1. The van der Waals surface area contributed by atoms with Gasteiger partial charge in [0.25, 0.3) is 0 Å². The number of aliphatic hydroxyl groups is 1. The number of allylic oxidation sites excluding steroid dienone is 3. The van der Waals surface area contributed by atoms with Crippen molar-refractivity contribution >= 4 is 27.8 Å². The molecule has 0 radical (unpaired) electrons. The van der Waals surface area contributed by atoms with Crippen LogP contribution in [-0.4, -0.2) is 16.5 Å². The first-order valence-electron chi connectivity index (χ1n) is 15.9. The number of hydrogen-bond acceptors (Lipinski definition) is 2. The first-order valence-corrected chi connectivity index (χ1v) is 16.7. The molecule has 0 amide bonds. The van der Waals surface area contributed by atoms with E-state index in [1.807, 2.05) is 0 Å². The molecule has 0 heterocycles. The molecule has 220 valence electrons. The lowest BCUT2D eigenvalue weighted by molar-refractivity contribution is -0.201. The first kappa shape index (κ1) is 30.3. The van der Waals surface area contributed by atoms with E-state index in [4.69, 9.17) is 0 Å². The van der Waals surface area contributed by atoms with Gasteiger partial charge in [-0.2, -0.15) is 0 Å². The van der Waals surface area contributed by atoms with E-state index < -0.39 is 5.60 Å². The molecule has 1 aromatic carbocycles. The fourth-order valence-corrected chi connectivity index (χ4v) is 11.3. The van der Waals surface area contributed by atoms with Crippen molar-refractivity contribution in [2.24, 2.45) is 45.3 Å². The third kappa shape index (κ3) is 4.64. The van der Waals surface area contributed by atoms with Crippen LogP contribution in [0.4, 0.5) is 0 Å². The molecule has 4 saturated carbocycles. The molecule has 4 aliphatic carbocycles. The molecule has 40 heavy (non-hydrogen) atoms. The molecule has 0 aliphatic heterocycles. The monoisotopic (exact) mass is 608 g/mol. The Morgan fingerprint density at radius 2 is 1.62 bits per heavy atom. The van der Waals surface area contributed by atoms with E-state index in [0.717, 1.165) is 47.7 Å². The van der Waals surface area contributed by atoms with Gasteiger partial charge in [0.15, 0.2) is 5.78 Å². The highest BCUT2D eigenvalue weighted by atomic mass is 79.9. The molecule has 8 atom stereocenters. The smallest absolute Gasteiger partial charge is 0.164 e. The summed E-state index contributed by atoms with van der Waals surface area (Å²) in [7, 11) is 0. The SMILES string of the molecule is CC(C)=CCC[C@](C)(O)[C@H]1CC[C@]2(C)[C@@H]1CC[C@@H]1[C@@]3(C)C/C(=C/c4ccc(Br)cc4)C(=O)C(C)(C)[C@@H]3CC[C@]12C. The van der Waals surface area contributed by atoms with Gasteiger partial charge in [0.05, 0.1) is 5.60 Å². The lowest BCUT2D eigenvalue weighted by Gasteiger charge is -2.69. The van der Waals surface area contributed by atoms with E-state index in [-0.39, 0.29) is 21.7 Å². The van der Waals surface area contributed by atoms with Crippen LogP contribution in [0.5, 0.6) is 0 Å². The topological polar surface area (TPSA) is 37.3 Å². The van der Waals surface area contributed by atoms with Crippen molar-refractivity contribution in [3.05, 3.63) is 51.5 Å². The maximum Gasteiger partial charge on any atom is 0.164 e. The molecule has 0 bridgehead atoms. The molecule has 5 rings (SSSR count). The van der Waals surface area contributed by atoms with E-state index in [0.29, 0.717) is 29.5 Å². The van der Waals surface area contributed by atoms with Crippen LogP contribution in [-0.2, 0) is 4.79 Å². The van der Waals surface area contributed by atoms with Crippen molar-refractivity contribution in [2.45, 2.75) is 119 Å². The number of halogens is 1. The Morgan fingerprint density at radius 1 is 0.975 bits per heavy atom. The maximum atomic E-state index is 14.0. The molecule has 0 saturated heterocycles. The minimum absolute atomic E-state index is 0.101. The second-order valence-corrected chi connectivity index (χ2v) is 16.9. The Balaban J connectivity index is 1.47. The number of carbonyl (C=O) groups excluding carboxylic acids is 1. The average molecular weight is 610 g/mol. The molecular formula is C37H53BrO2. The van der Waals surface area contributed by atoms with Crippen molar-refractivity contribution in [1.29, 1.82) is 0 Å². The summed E-state index contributed by atoms with van der Waals surface area (Å²) >= 11 is 3.55. The number of hydrogen-bond donors (Lipinski definition) is 1. The summed E-state index contributed by atoms with van der Waals surface area (Å²) in [5, 5.41) is 11.8. The van der Waals surface area contributed by atoms with Gasteiger partial charge in [-0.15, -0.1) is 0 Å². The van der Waals surface area contributed by atoms with Gasteiger partial charge in [0.1, 0.15) is 0 Å².